The van der Waals surface area contributed by atoms with Crippen LogP contribution in [0.1, 0.15) is 56.2 Å². The Bertz CT molecular complexity index is 1110. The second-order valence-electron chi connectivity index (χ2n) is 11.0. The molecule has 1 saturated heterocycles. The lowest BCUT2D eigenvalue weighted by Crippen LogP contribution is -2.37. The molecule has 1 amide bonds. The normalized spacial score (nSPS) is 33.3. The summed E-state index contributed by atoms with van der Waals surface area (Å²) in [5, 5.41) is 3.14. The van der Waals surface area contributed by atoms with Crippen LogP contribution in [0, 0.1) is 17.8 Å². The Morgan fingerprint density at radius 1 is 1.03 bits per heavy atom. The molecule has 35 heavy (non-hydrogen) atoms. The van der Waals surface area contributed by atoms with Crippen molar-refractivity contribution in [2.24, 2.45) is 17.8 Å². The lowest BCUT2D eigenvalue weighted by atomic mass is 9.73. The van der Waals surface area contributed by atoms with Crippen molar-refractivity contribution < 1.29 is 4.79 Å². The zero-order valence-corrected chi connectivity index (χ0v) is 21.0. The van der Waals surface area contributed by atoms with Gasteiger partial charge in [-0.15, -0.1) is 0 Å². The Morgan fingerprint density at radius 2 is 1.83 bits per heavy atom. The number of para-hydroxylation sites is 1. The maximum atomic E-state index is 12.9. The summed E-state index contributed by atoms with van der Waals surface area (Å²) in [4.78, 5) is 15.4. The van der Waals surface area contributed by atoms with Gasteiger partial charge in [-0.1, -0.05) is 68.5 Å². The van der Waals surface area contributed by atoms with E-state index in [1.165, 1.54) is 29.5 Å². The van der Waals surface area contributed by atoms with Crippen molar-refractivity contribution in [3.8, 4) is 0 Å². The van der Waals surface area contributed by atoms with Gasteiger partial charge in [0.25, 0.3) is 0 Å². The average Bonchev–Trinajstić information content (AvgIpc) is 3.43. The maximum Gasteiger partial charge on any atom is 0.235 e. The van der Waals surface area contributed by atoms with Gasteiger partial charge >= 0.3 is 0 Å². The van der Waals surface area contributed by atoms with E-state index in [1.807, 2.05) is 12.1 Å². The van der Waals surface area contributed by atoms with Crippen LogP contribution < -0.4 is 16.2 Å². The summed E-state index contributed by atoms with van der Waals surface area (Å²) < 4.78 is 0. The number of nitrogens with zero attached hydrogens (tertiary/aromatic N) is 1. The van der Waals surface area contributed by atoms with Crippen molar-refractivity contribution in [2.75, 3.05) is 18.4 Å². The average molecular weight is 471 g/mol. The number of nitrogens with one attached hydrogen (secondary N) is 3. The van der Waals surface area contributed by atoms with Crippen molar-refractivity contribution in [3.05, 3.63) is 71.3 Å². The van der Waals surface area contributed by atoms with Gasteiger partial charge in [0.15, 0.2) is 0 Å². The van der Waals surface area contributed by atoms with Gasteiger partial charge in [-0.25, -0.2) is 0 Å². The van der Waals surface area contributed by atoms with Crippen molar-refractivity contribution in [1.82, 2.24) is 15.8 Å². The first-order valence-electron chi connectivity index (χ1n) is 13.5. The Kier molecular flexibility index (Phi) is 6.03. The summed E-state index contributed by atoms with van der Waals surface area (Å²) in [6, 6.07) is 18.1. The Labute approximate surface area is 209 Å². The molecule has 2 aromatic carbocycles. The number of benzene rings is 2. The molecule has 6 atom stereocenters. The van der Waals surface area contributed by atoms with Crippen LogP contribution in [0.2, 0.25) is 0 Å². The summed E-state index contributed by atoms with van der Waals surface area (Å²) in [5.41, 5.74) is 11.8. The molecule has 0 bridgehead atoms. The first-order valence-corrected chi connectivity index (χ1v) is 13.5. The van der Waals surface area contributed by atoms with Gasteiger partial charge < -0.3 is 5.32 Å². The van der Waals surface area contributed by atoms with Crippen LogP contribution in [0.3, 0.4) is 0 Å². The number of rotatable bonds is 7. The SMILES string of the molecule is CCN(CC)Cc1ccc(/C=C/C2NNC3CC(C4C[C@@]45C(=O)Nc4ccccc45)CCC23)cc1. The summed E-state index contributed by atoms with van der Waals surface area (Å²) in [7, 11) is 0. The van der Waals surface area contributed by atoms with E-state index in [-0.39, 0.29) is 11.3 Å². The molecule has 2 saturated carbocycles. The molecule has 184 valence electrons. The first kappa shape index (κ1) is 23.0. The molecule has 2 aromatic rings. The molecule has 3 N–H and O–H groups in total. The van der Waals surface area contributed by atoms with Gasteiger partial charge in [0.2, 0.25) is 5.91 Å². The summed E-state index contributed by atoms with van der Waals surface area (Å²) in [5.74, 6) is 1.94. The van der Waals surface area contributed by atoms with Crippen LogP contribution >= 0.6 is 0 Å². The van der Waals surface area contributed by atoms with Crippen LogP contribution in [0.5, 0.6) is 0 Å². The van der Waals surface area contributed by atoms with E-state index in [0.29, 0.717) is 29.8 Å². The standard InChI is InChI=1S/C30H38N4O/c1-3-34(4-2)19-21-11-9-20(10-12-21)13-16-26-23-15-14-22(17-28(23)33-32-26)25-18-30(25)24-7-5-6-8-27(24)31-29(30)35/h5-13,16,22-23,25-26,28,32-33H,3-4,14-15,17-19H2,1-2H3,(H,31,35)/b16-13+/t22?,23?,25?,26?,28?,30-/m0/s1. The molecule has 0 aromatic heterocycles. The number of fused-ring (bicyclic) bond motifs is 3. The van der Waals surface area contributed by atoms with E-state index >= 15 is 0 Å². The zero-order valence-electron chi connectivity index (χ0n) is 21.0. The quantitative estimate of drug-likeness (QED) is 0.548. The lowest BCUT2D eigenvalue weighted by molar-refractivity contribution is -0.118. The van der Waals surface area contributed by atoms with Crippen molar-refractivity contribution in [2.45, 2.75) is 63.6 Å². The minimum Gasteiger partial charge on any atom is -0.325 e. The maximum absolute atomic E-state index is 12.9. The van der Waals surface area contributed by atoms with Crippen molar-refractivity contribution in [1.29, 1.82) is 0 Å². The fourth-order valence-corrected chi connectivity index (χ4v) is 7.11. The van der Waals surface area contributed by atoms with Gasteiger partial charge in [0.05, 0.1) is 5.41 Å². The monoisotopic (exact) mass is 470 g/mol. The molecular weight excluding hydrogens is 432 g/mol. The minimum absolute atomic E-state index is 0.229. The predicted molar refractivity (Wildman–Crippen MR) is 142 cm³/mol. The van der Waals surface area contributed by atoms with E-state index in [4.69, 9.17) is 0 Å². The third-order valence-corrected chi connectivity index (χ3v) is 9.26. The second-order valence-corrected chi connectivity index (χ2v) is 11.0. The number of hydrogen-bond donors (Lipinski definition) is 3. The minimum atomic E-state index is -0.253. The van der Waals surface area contributed by atoms with E-state index in [1.54, 1.807) is 0 Å². The third-order valence-electron chi connectivity index (χ3n) is 9.26. The van der Waals surface area contributed by atoms with E-state index in [2.05, 4.69) is 83.5 Å². The zero-order chi connectivity index (χ0) is 24.0. The topological polar surface area (TPSA) is 56.4 Å². The van der Waals surface area contributed by atoms with Crippen LogP contribution in [-0.4, -0.2) is 36.0 Å². The number of anilines is 1. The molecule has 6 rings (SSSR count). The fraction of sp³-hybridized carbons (Fsp3) is 0.500. The number of hydrazine groups is 1. The molecule has 5 heteroatoms. The van der Waals surface area contributed by atoms with Gasteiger partial charge in [-0.05, 0) is 79.3 Å². The molecule has 5 nitrogen and oxygen atoms in total. The van der Waals surface area contributed by atoms with Gasteiger partial charge in [0.1, 0.15) is 0 Å². The first-order chi connectivity index (χ1) is 17.1. The molecule has 3 fully saturated rings. The van der Waals surface area contributed by atoms with E-state index in [0.717, 1.165) is 38.2 Å². The number of carbonyl (C=O) groups is 1. The van der Waals surface area contributed by atoms with E-state index in [9.17, 15) is 4.79 Å². The highest BCUT2D eigenvalue weighted by Crippen LogP contribution is 2.64. The van der Waals surface area contributed by atoms with E-state index < -0.39 is 0 Å². The summed E-state index contributed by atoms with van der Waals surface area (Å²) in [6.45, 7) is 7.63. The van der Waals surface area contributed by atoms with Crippen molar-refractivity contribution in [3.63, 3.8) is 0 Å². The molecular formula is C30H38N4O. The molecule has 2 aliphatic heterocycles. The number of carbonyl (C=O) groups excluding carboxylic acids is 1. The Morgan fingerprint density at radius 3 is 2.63 bits per heavy atom. The molecule has 2 aliphatic carbocycles. The molecule has 5 unspecified atom stereocenters. The second kappa shape index (κ2) is 9.20. The molecule has 2 heterocycles. The van der Waals surface area contributed by atoms with Crippen LogP contribution in [0.15, 0.2) is 54.6 Å². The molecule has 0 radical (unpaired) electrons. The van der Waals surface area contributed by atoms with Gasteiger partial charge in [-0.2, -0.15) is 0 Å². The number of amides is 1. The smallest absolute Gasteiger partial charge is 0.235 e. The van der Waals surface area contributed by atoms with Gasteiger partial charge in [-0.3, -0.25) is 20.5 Å². The van der Waals surface area contributed by atoms with Crippen molar-refractivity contribution >= 4 is 17.7 Å². The highest BCUT2D eigenvalue weighted by Gasteiger charge is 2.67. The summed E-state index contributed by atoms with van der Waals surface area (Å²) in [6.07, 6.45) is 9.21. The van der Waals surface area contributed by atoms with Crippen LogP contribution in [-0.2, 0) is 16.8 Å². The fourth-order valence-electron chi connectivity index (χ4n) is 7.11. The molecule has 1 spiro atoms. The highest BCUT2D eigenvalue weighted by atomic mass is 16.2. The van der Waals surface area contributed by atoms with Gasteiger partial charge in [0, 0.05) is 24.3 Å². The lowest BCUT2D eigenvalue weighted by Gasteiger charge is -2.33. The Hall–Kier alpha value is -2.47. The van der Waals surface area contributed by atoms with Crippen LogP contribution in [0.4, 0.5) is 5.69 Å². The highest BCUT2D eigenvalue weighted by molar-refractivity contribution is 6.08. The largest absolute Gasteiger partial charge is 0.325 e. The Balaban J connectivity index is 1.06. The third kappa shape index (κ3) is 4.04. The van der Waals surface area contributed by atoms with Crippen LogP contribution in [0.25, 0.3) is 6.08 Å². The predicted octanol–water partition coefficient (Wildman–Crippen LogP) is 4.71. The molecule has 4 aliphatic rings. The number of hydrogen-bond acceptors (Lipinski definition) is 4. The summed E-state index contributed by atoms with van der Waals surface area (Å²) >= 11 is 0.